The summed E-state index contributed by atoms with van der Waals surface area (Å²) in [5.41, 5.74) is 1.18. The molecule has 106 valence electrons. The lowest BCUT2D eigenvalue weighted by Gasteiger charge is -2.07. The minimum Gasteiger partial charge on any atom is -0.494 e. The summed E-state index contributed by atoms with van der Waals surface area (Å²) < 4.78 is 7.07. The molecule has 0 bridgehead atoms. The lowest BCUT2D eigenvalue weighted by Crippen LogP contribution is -2.12. The third-order valence-corrected chi connectivity index (χ3v) is 2.72. The van der Waals surface area contributed by atoms with Crippen LogP contribution in [0.15, 0.2) is 24.3 Å². The standard InChI is InChI=1S/C13H16N4O3/c1-10-3-5-11(6-4-10)20-8-2-7-17-12(9-13(18)19)14-15-16-17/h3-6H,2,7-9H2,1H3,(H,18,19). The van der Waals surface area contributed by atoms with Crippen molar-refractivity contribution >= 4 is 5.97 Å². The number of rotatable bonds is 7. The average molecular weight is 276 g/mol. The number of hydrogen-bond acceptors (Lipinski definition) is 5. The maximum Gasteiger partial charge on any atom is 0.311 e. The summed E-state index contributed by atoms with van der Waals surface area (Å²) in [6.45, 7) is 3.07. The van der Waals surface area contributed by atoms with Crippen LogP contribution in [0.4, 0.5) is 0 Å². The van der Waals surface area contributed by atoms with Gasteiger partial charge in [-0.25, -0.2) is 4.68 Å². The molecule has 0 aliphatic carbocycles. The number of tetrazole rings is 1. The highest BCUT2D eigenvalue weighted by atomic mass is 16.5. The number of nitrogens with zero attached hydrogens (tertiary/aromatic N) is 4. The summed E-state index contributed by atoms with van der Waals surface area (Å²) in [5, 5.41) is 19.6. The van der Waals surface area contributed by atoms with Crippen molar-refractivity contribution in [3.63, 3.8) is 0 Å². The highest BCUT2D eigenvalue weighted by molar-refractivity contribution is 5.68. The zero-order valence-corrected chi connectivity index (χ0v) is 11.2. The first kappa shape index (κ1) is 14.0. The highest BCUT2D eigenvalue weighted by Gasteiger charge is 2.09. The van der Waals surface area contributed by atoms with Crippen molar-refractivity contribution in [3.8, 4) is 5.75 Å². The van der Waals surface area contributed by atoms with E-state index in [0.717, 1.165) is 5.75 Å². The fraction of sp³-hybridized carbons (Fsp3) is 0.385. The lowest BCUT2D eigenvalue weighted by atomic mass is 10.2. The monoisotopic (exact) mass is 276 g/mol. The van der Waals surface area contributed by atoms with Crippen LogP contribution in [-0.4, -0.2) is 37.9 Å². The average Bonchev–Trinajstić information content (AvgIpc) is 2.83. The van der Waals surface area contributed by atoms with E-state index in [9.17, 15) is 4.79 Å². The van der Waals surface area contributed by atoms with E-state index >= 15 is 0 Å². The van der Waals surface area contributed by atoms with Crippen LogP contribution in [0, 0.1) is 6.92 Å². The number of carboxylic acid groups (broad SMARTS) is 1. The summed E-state index contributed by atoms with van der Waals surface area (Å²) in [7, 11) is 0. The van der Waals surface area contributed by atoms with Gasteiger partial charge in [-0.1, -0.05) is 17.7 Å². The molecule has 0 unspecified atom stereocenters. The fourth-order valence-electron chi connectivity index (χ4n) is 1.70. The second-order valence-electron chi connectivity index (χ2n) is 4.40. The molecule has 2 aromatic rings. The Hall–Kier alpha value is -2.44. The van der Waals surface area contributed by atoms with E-state index in [1.807, 2.05) is 31.2 Å². The molecular formula is C13H16N4O3. The van der Waals surface area contributed by atoms with Gasteiger partial charge in [-0.3, -0.25) is 4.79 Å². The van der Waals surface area contributed by atoms with Crippen LogP contribution in [0.2, 0.25) is 0 Å². The SMILES string of the molecule is Cc1ccc(OCCCn2nnnc2CC(=O)O)cc1. The molecule has 0 atom stereocenters. The number of ether oxygens (including phenoxy) is 1. The second kappa shape index (κ2) is 6.65. The summed E-state index contributed by atoms with van der Waals surface area (Å²) in [6, 6.07) is 7.81. The number of aliphatic carboxylic acids is 1. The predicted molar refractivity (Wildman–Crippen MR) is 70.4 cm³/mol. The van der Waals surface area contributed by atoms with E-state index in [0.29, 0.717) is 25.4 Å². The van der Waals surface area contributed by atoms with Crippen molar-refractivity contribution in [1.29, 1.82) is 0 Å². The van der Waals surface area contributed by atoms with Gasteiger partial charge in [-0.15, -0.1) is 5.10 Å². The van der Waals surface area contributed by atoms with E-state index in [2.05, 4.69) is 15.5 Å². The first-order valence-corrected chi connectivity index (χ1v) is 6.31. The Morgan fingerprint density at radius 3 is 2.80 bits per heavy atom. The number of hydrogen-bond donors (Lipinski definition) is 1. The molecule has 20 heavy (non-hydrogen) atoms. The third-order valence-electron chi connectivity index (χ3n) is 2.72. The Morgan fingerprint density at radius 1 is 1.35 bits per heavy atom. The summed E-state index contributed by atoms with van der Waals surface area (Å²) >= 11 is 0. The van der Waals surface area contributed by atoms with Crippen molar-refractivity contribution in [3.05, 3.63) is 35.7 Å². The number of carboxylic acids is 1. The third kappa shape index (κ3) is 4.04. The number of carbonyl (C=O) groups is 1. The van der Waals surface area contributed by atoms with Crippen LogP contribution >= 0.6 is 0 Å². The molecule has 7 heteroatoms. The van der Waals surface area contributed by atoms with Crippen molar-refractivity contribution in [1.82, 2.24) is 20.2 Å². The van der Waals surface area contributed by atoms with E-state index in [1.165, 1.54) is 10.2 Å². The maximum atomic E-state index is 10.6. The minimum absolute atomic E-state index is 0.175. The molecule has 0 fully saturated rings. The summed E-state index contributed by atoms with van der Waals surface area (Å²) in [4.78, 5) is 10.6. The maximum absolute atomic E-state index is 10.6. The molecule has 0 saturated carbocycles. The van der Waals surface area contributed by atoms with Gasteiger partial charge in [0.2, 0.25) is 0 Å². The van der Waals surface area contributed by atoms with Crippen LogP contribution in [0.3, 0.4) is 0 Å². The Balaban J connectivity index is 1.77. The van der Waals surface area contributed by atoms with Gasteiger partial charge in [0.15, 0.2) is 5.82 Å². The molecule has 2 rings (SSSR count). The molecule has 1 aromatic heterocycles. The predicted octanol–water partition coefficient (Wildman–Crippen LogP) is 1.08. The molecule has 1 aromatic carbocycles. The smallest absolute Gasteiger partial charge is 0.311 e. The van der Waals surface area contributed by atoms with E-state index in [1.54, 1.807) is 0 Å². The molecule has 0 amide bonds. The largest absolute Gasteiger partial charge is 0.494 e. The van der Waals surface area contributed by atoms with Crippen LogP contribution in [0.1, 0.15) is 17.8 Å². The van der Waals surface area contributed by atoms with Crippen molar-refractivity contribution in [2.75, 3.05) is 6.61 Å². The van der Waals surface area contributed by atoms with E-state index < -0.39 is 5.97 Å². The Morgan fingerprint density at radius 2 is 2.10 bits per heavy atom. The number of benzene rings is 1. The van der Waals surface area contributed by atoms with E-state index in [4.69, 9.17) is 9.84 Å². The van der Waals surface area contributed by atoms with E-state index in [-0.39, 0.29) is 6.42 Å². The van der Waals surface area contributed by atoms with Crippen LogP contribution in [0.5, 0.6) is 5.75 Å². The topological polar surface area (TPSA) is 90.1 Å². The van der Waals surface area contributed by atoms with Crippen molar-refractivity contribution in [2.45, 2.75) is 26.3 Å². The van der Waals surface area contributed by atoms with Gasteiger partial charge >= 0.3 is 5.97 Å². The van der Waals surface area contributed by atoms with Gasteiger partial charge in [0.25, 0.3) is 0 Å². The fourth-order valence-corrected chi connectivity index (χ4v) is 1.70. The molecule has 0 saturated heterocycles. The van der Waals surface area contributed by atoms with Gasteiger partial charge in [0, 0.05) is 13.0 Å². The van der Waals surface area contributed by atoms with Gasteiger partial charge < -0.3 is 9.84 Å². The molecule has 0 radical (unpaired) electrons. The first-order chi connectivity index (χ1) is 9.65. The molecule has 0 aliphatic rings. The molecule has 1 heterocycles. The summed E-state index contributed by atoms with van der Waals surface area (Å²) in [5.74, 6) is 0.225. The Bertz CT molecular complexity index is 565. The lowest BCUT2D eigenvalue weighted by molar-refractivity contribution is -0.136. The molecular weight excluding hydrogens is 260 g/mol. The first-order valence-electron chi connectivity index (χ1n) is 6.31. The number of aromatic nitrogens is 4. The number of aryl methyl sites for hydroxylation is 2. The molecule has 0 spiro atoms. The van der Waals surface area contributed by atoms with Crippen LogP contribution in [0.25, 0.3) is 0 Å². The Kier molecular flexibility index (Phi) is 4.65. The van der Waals surface area contributed by atoms with Gasteiger partial charge in [-0.2, -0.15) is 0 Å². The van der Waals surface area contributed by atoms with Gasteiger partial charge in [0.05, 0.1) is 6.61 Å². The van der Waals surface area contributed by atoms with Crippen LogP contribution in [-0.2, 0) is 17.8 Å². The summed E-state index contributed by atoms with van der Waals surface area (Å²) in [6.07, 6.45) is 0.525. The highest BCUT2D eigenvalue weighted by Crippen LogP contribution is 2.11. The molecule has 1 N–H and O–H groups in total. The van der Waals surface area contributed by atoms with Crippen molar-refractivity contribution < 1.29 is 14.6 Å². The zero-order valence-electron chi connectivity index (χ0n) is 11.2. The Labute approximate surface area is 116 Å². The van der Waals surface area contributed by atoms with Gasteiger partial charge in [-0.05, 0) is 29.5 Å². The second-order valence-corrected chi connectivity index (χ2v) is 4.40. The van der Waals surface area contributed by atoms with Crippen LogP contribution < -0.4 is 4.74 Å². The minimum atomic E-state index is -0.947. The molecule has 7 nitrogen and oxygen atoms in total. The normalized spacial score (nSPS) is 10.4. The zero-order chi connectivity index (χ0) is 14.4. The van der Waals surface area contributed by atoms with Crippen molar-refractivity contribution in [2.24, 2.45) is 0 Å². The van der Waals surface area contributed by atoms with Gasteiger partial charge in [0.1, 0.15) is 12.2 Å². The quantitative estimate of drug-likeness (QED) is 0.761. The molecule has 0 aliphatic heterocycles.